The summed E-state index contributed by atoms with van der Waals surface area (Å²) in [6, 6.07) is 9.87. The summed E-state index contributed by atoms with van der Waals surface area (Å²) in [6.07, 6.45) is 2.40. The number of nitrogens with zero attached hydrogens (tertiary/aromatic N) is 3. The van der Waals surface area contributed by atoms with Crippen molar-refractivity contribution >= 4 is 11.9 Å². The van der Waals surface area contributed by atoms with E-state index in [1.807, 2.05) is 48.9 Å². The average molecular weight is 399 g/mol. The molecule has 1 saturated heterocycles. The predicted octanol–water partition coefficient (Wildman–Crippen LogP) is 2.60. The van der Waals surface area contributed by atoms with Gasteiger partial charge in [-0.2, -0.15) is 5.10 Å². The first kappa shape index (κ1) is 21.0. The molecule has 0 N–H and O–H groups in total. The molecule has 0 saturated carbocycles. The molecule has 1 unspecified atom stereocenters. The Morgan fingerprint density at radius 3 is 2.69 bits per heavy atom. The van der Waals surface area contributed by atoms with Gasteiger partial charge in [-0.25, -0.2) is 4.68 Å². The molecule has 7 nitrogen and oxygen atoms in total. The normalized spacial score (nSPS) is 16.0. The van der Waals surface area contributed by atoms with E-state index in [0.717, 1.165) is 42.1 Å². The Morgan fingerprint density at radius 2 is 2.03 bits per heavy atom. The van der Waals surface area contributed by atoms with Gasteiger partial charge in [-0.15, -0.1) is 0 Å². The van der Waals surface area contributed by atoms with Crippen LogP contribution < -0.4 is 0 Å². The highest BCUT2D eigenvalue weighted by Crippen LogP contribution is 2.20. The summed E-state index contributed by atoms with van der Waals surface area (Å²) in [4.78, 5) is 26.5. The van der Waals surface area contributed by atoms with Gasteiger partial charge in [-0.05, 0) is 38.8 Å². The number of rotatable bonds is 8. The molecule has 1 aliphatic heterocycles. The molecule has 1 fully saturated rings. The van der Waals surface area contributed by atoms with E-state index in [9.17, 15) is 9.59 Å². The third kappa shape index (κ3) is 5.23. The number of carbonyl (C=O) groups is 2. The summed E-state index contributed by atoms with van der Waals surface area (Å²) >= 11 is 0. The second kappa shape index (κ2) is 9.69. The first-order valence-corrected chi connectivity index (χ1v) is 10.1. The van der Waals surface area contributed by atoms with Crippen LogP contribution in [0.15, 0.2) is 30.3 Å². The van der Waals surface area contributed by atoms with Crippen LogP contribution in [0.5, 0.6) is 0 Å². The van der Waals surface area contributed by atoms with Crippen molar-refractivity contribution in [3.8, 4) is 5.69 Å². The fourth-order valence-corrected chi connectivity index (χ4v) is 3.69. The van der Waals surface area contributed by atoms with Crippen LogP contribution in [-0.2, 0) is 25.5 Å². The van der Waals surface area contributed by atoms with E-state index in [1.165, 1.54) is 7.11 Å². The number of methoxy groups -OCH3 is 1. The van der Waals surface area contributed by atoms with Crippen molar-refractivity contribution in [3.63, 3.8) is 0 Å². The highest BCUT2D eigenvalue weighted by Gasteiger charge is 2.25. The molecule has 7 heteroatoms. The first-order chi connectivity index (χ1) is 14.0. The molecule has 1 amide bonds. The Labute approximate surface area is 171 Å². The topological polar surface area (TPSA) is 73.7 Å². The number of carbonyl (C=O) groups excluding carboxylic acids is 2. The Kier molecular flexibility index (Phi) is 7.04. The minimum Gasteiger partial charge on any atom is -0.469 e. The molecule has 0 aliphatic carbocycles. The number of hydrogen-bond acceptors (Lipinski definition) is 5. The summed E-state index contributed by atoms with van der Waals surface area (Å²) in [5, 5.41) is 4.63. The minimum atomic E-state index is -0.320. The molecular formula is C22H29N3O4. The second-order valence-corrected chi connectivity index (χ2v) is 7.37. The lowest BCUT2D eigenvalue weighted by molar-refractivity contribution is -0.142. The SMILES string of the molecule is COC(=O)CCN(CC1CCCO1)C(=O)Cc1c(C)nn(-c2ccccc2)c1C. The monoisotopic (exact) mass is 399 g/mol. The van der Waals surface area contributed by atoms with Crippen LogP contribution in [0.2, 0.25) is 0 Å². The summed E-state index contributed by atoms with van der Waals surface area (Å²) in [5.74, 6) is -0.345. The van der Waals surface area contributed by atoms with E-state index < -0.39 is 0 Å². The van der Waals surface area contributed by atoms with E-state index in [2.05, 4.69) is 5.10 Å². The highest BCUT2D eigenvalue weighted by atomic mass is 16.5. The third-order valence-electron chi connectivity index (χ3n) is 5.38. The lowest BCUT2D eigenvalue weighted by atomic mass is 10.1. The Hall–Kier alpha value is -2.67. The Bertz CT molecular complexity index is 841. The number of para-hydroxylation sites is 1. The number of aromatic nitrogens is 2. The second-order valence-electron chi connectivity index (χ2n) is 7.37. The van der Waals surface area contributed by atoms with Crippen molar-refractivity contribution in [3.05, 3.63) is 47.3 Å². The standard InChI is InChI=1S/C22H29N3O4/c1-16-20(17(2)25(23-16)18-8-5-4-6-9-18)14-21(26)24(12-11-22(27)28-3)15-19-10-7-13-29-19/h4-6,8-9,19H,7,10-15H2,1-3H3. The molecular weight excluding hydrogens is 370 g/mol. The van der Waals surface area contributed by atoms with E-state index >= 15 is 0 Å². The minimum absolute atomic E-state index is 0.0248. The van der Waals surface area contributed by atoms with Gasteiger partial charge < -0.3 is 14.4 Å². The molecule has 0 bridgehead atoms. The fourth-order valence-electron chi connectivity index (χ4n) is 3.69. The fraction of sp³-hybridized carbons (Fsp3) is 0.500. The van der Waals surface area contributed by atoms with Crippen LogP contribution >= 0.6 is 0 Å². The molecule has 29 heavy (non-hydrogen) atoms. The van der Waals surface area contributed by atoms with Gasteiger partial charge in [0.25, 0.3) is 0 Å². The van der Waals surface area contributed by atoms with Crippen molar-refractivity contribution in [2.45, 2.75) is 45.6 Å². The van der Waals surface area contributed by atoms with Gasteiger partial charge in [0.15, 0.2) is 0 Å². The van der Waals surface area contributed by atoms with Crippen molar-refractivity contribution < 1.29 is 19.1 Å². The Morgan fingerprint density at radius 1 is 1.28 bits per heavy atom. The Balaban J connectivity index is 1.75. The van der Waals surface area contributed by atoms with Gasteiger partial charge in [-0.3, -0.25) is 9.59 Å². The number of esters is 1. The van der Waals surface area contributed by atoms with Crippen molar-refractivity contribution in [1.29, 1.82) is 0 Å². The smallest absolute Gasteiger partial charge is 0.307 e. The van der Waals surface area contributed by atoms with Gasteiger partial charge >= 0.3 is 5.97 Å². The van der Waals surface area contributed by atoms with Crippen molar-refractivity contribution in [2.24, 2.45) is 0 Å². The van der Waals surface area contributed by atoms with Crippen molar-refractivity contribution in [1.82, 2.24) is 14.7 Å². The zero-order valence-corrected chi connectivity index (χ0v) is 17.4. The van der Waals surface area contributed by atoms with Crippen LogP contribution in [0, 0.1) is 13.8 Å². The molecule has 0 radical (unpaired) electrons. The molecule has 1 aliphatic rings. The maximum absolute atomic E-state index is 13.1. The molecule has 0 spiro atoms. The summed E-state index contributed by atoms with van der Waals surface area (Å²) in [6.45, 7) is 5.46. The quantitative estimate of drug-likeness (QED) is 0.638. The van der Waals surface area contributed by atoms with Gasteiger partial charge in [0.05, 0.1) is 37.4 Å². The van der Waals surface area contributed by atoms with E-state index in [4.69, 9.17) is 9.47 Å². The number of hydrogen-bond donors (Lipinski definition) is 0. The predicted molar refractivity (Wildman–Crippen MR) is 109 cm³/mol. The van der Waals surface area contributed by atoms with Crippen LogP contribution in [-0.4, -0.2) is 59.5 Å². The molecule has 1 aromatic heterocycles. The van der Waals surface area contributed by atoms with Crippen LogP contribution in [0.1, 0.15) is 36.2 Å². The molecule has 1 atom stereocenters. The number of amides is 1. The lowest BCUT2D eigenvalue weighted by Gasteiger charge is -2.25. The largest absolute Gasteiger partial charge is 0.469 e. The van der Waals surface area contributed by atoms with E-state index in [-0.39, 0.29) is 30.8 Å². The van der Waals surface area contributed by atoms with Gasteiger partial charge in [0, 0.05) is 31.0 Å². The van der Waals surface area contributed by atoms with Gasteiger partial charge in [-0.1, -0.05) is 18.2 Å². The van der Waals surface area contributed by atoms with Gasteiger partial charge in [0.1, 0.15) is 0 Å². The molecule has 3 rings (SSSR count). The summed E-state index contributed by atoms with van der Waals surface area (Å²) in [5.41, 5.74) is 3.68. The zero-order valence-electron chi connectivity index (χ0n) is 17.4. The molecule has 2 aromatic rings. The summed E-state index contributed by atoms with van der Waals surface area (Å²) in [7, 11) is 1.36. The number of aryl methyl sites for hydroxylation is 1. The zero-order chi connectivity index (χ0) is 20.8. The maximum Gasteiger partial charge on any atom is 0.307 e. The molecule has 2 heterocycles. The molecule has 156 valence electrons. The highest BCUT2D eigenvalue weighted by molar-refractivity contribution is 5.80. The number of ether oxygens (including phenoxy) is 2. The first-order valence-electron chi connectivity index (χ1n) is 10.1. The van der Waals surface area contributed by atoms with E-state index in [1.54, 1.807) is 4.90 Å². The molecule has 1 aromatic carbocycles. The third-order valence-corrected chi connectivity index (χ3v) is 5.38. The van der Waals surface area contributed by atoms with Crippen molar-refractivity contribution in [2.75, 3.05) is 26.8 Å². The summed E-state index contributed by atoms with van der Waals surface area (Å²) < 4.78 is 12.3. The van der Waals surface area contributed by atoms with E-state index in [0.29, 0.717) is 13.1 Å². The van der Waals surface area contributed by atoms with Crippen LogP contribution in [0.4, 0.5) is 0 Å². The van der Waals surface area contributed by atoms with Crippen LogP contribution in [0.25, 0.3) is 5.69 Å². The lowest BCUT2D eigenvalue weighted by Crippen LogP contribution is -2.39. The maximum atomic E-state index is 13.1. The average Bonchev–Trinajstić information content (AvgIpc) is 3.34. The number of benzene rings is 1. The van der Waals surface area contributed by atoms with Gasteiger partial charge in [0.2, 0.25) is 5.91 Å². The van der Waals surface area contributed by atoms with Crippen LogP contribution in [0.3, 0.4) is 0 Å².